The molecule has 1 saturated heterocycles. The zero-order valence-electron chi connectivity index (χ0n) is 15.5. The number of aromatic amines is 1. The summed E-state index contributed by atoms with van der Waals surface area (Å²) >= 11 is 0. The number of H-pyrrole nitrogens is 1. The maximum atomic E-state index is 13.0. The topological polar surface area (TPSA) is 88.1 Å². The van der Waals surface area contributed by atoms with E-state index in [4.69, 9.17) is 0 Å². The van der Waals surface area contributed by atoms with Crippen LogP contribution in [0.15, 0.2) is 23.3 Å². The monoisotopic (exact) mass is 368 g/mol. The van der Waals surface area contributed by atoms with Crippen molar-refractivity contribution in [3.8, 4) is 0 Å². The van der Waals surface area contributed by atoms with E-state index in [0.717, 1.165) is 49.8 Å². The molecule has 0 saturated carbocycles. The fraction of sp³-hybridized carbons (Fsp3) is 0.500. The molecule has 142 valence electrons. The third-order valence-electron chi connectivity index (χ3n) is 5.69. The van der Waals surface area contributed by atoms with Crippen LogP contribution in [0, 0.1) is 5.92 Å². The van der Waals surface area contributed by atoms with Gasteiger partial charge in [0.2, 0.25) is 5.78 Å². The molecule has 2 aromatic rings. The van der Waals surface area contributed by atoms with E-state index in [1.807, 2.05) is 0 Å². The highest BCUT2D eigenvalue weighted by Crippen LogP contribution is 2.23. The number of hydrogen-bond donors (Lipinski definition) is 1. The van der Waals surface area contributed by atoms with Gasteiger partial charge in [0.25, 0.3) is 11.5 Å². The molecule has 1 aliphatic carbocycles. The van der Waals surface area contributed by atoms with Crippen LogP contribution in [-0.2, 0) is 19.9 Å². The zero-order chi connectivity index (χ0) is 19.0. The molecule has 1 fully saturated rings. The molecular weight excluding hydrogens is 344 g/mol. The Morgan fingerprint density at radius 2 is 2.04 bits per heavy atom. The van der Waals surface area contributed by atoms with Gasteiger partial charge in [0.15, 0.2) is 5.82 Å². The first-order valence-electron chi connectivity index (χ1n) is 9.60. The van der Waals surface area contributed by atoms with Gasteiger partial charge in [-0.3, -0.25) is 14.4 Å². The van der Waals surface area contributed by atoms with Crippen LogP contribution in [0.1, 0.15) is 57.9 Å². The van der Waals surface area contributed by atoms with E-state index in [-0.39, 0.29) is 28.7 Å². The maximum absolute atomic E-state index is 13.0. The average Bonchev–Trinajstić information content (AvgIpc) is 3.12. The fourth-order valence-corrected chi connectivity index (χ4v) is 4.17. The first kappa shape index (κ1) is 17.7. The lowest BCUT2D eigenvalue weighted by Gasteiger charge is -2.32. The summed E-state index contributed by atoms with van der Waals surface area (Å²) in [5.74, 6) is -0.178. The number of aromatic nitrogens is 3. The second-order valence-corrected chi connectivity index (χ2v) is 7.54. The molecule has 4 rings (SSSR count). The van der Waals surface area contributed by atoms with Crippen LogP contribution >= 0.6 is 0 Å². The van der Waals surface area contributed by atoms with E-state index < -0.39 is 0 Å². The summed E-state index contributed by atoms with van der Waals surface area (Å²) in [5.41, 5.74) is 1.91. The highest BCUT2D eigenvalue weighted by Gasteiger charge is 2.32. The number of carbonyl (C=O) groups is 2. The highest BCUT2D eigenvalue weighted by atomic mass is 16.2. The number of nitrogens with one attached hydrogen (secondary N) is 1. The summed E-state index contributed by atoms with van der Waals surface area (Å²) in [6.07, 6.45) is 8.73. The summed E-state index contributed by atoms with van der Waals surface area (Å²) in [7, 11) is 1.79. The van der Waals surface area contributed by atoms with Crippen molar-refractivity contribution in [1.29, 1.82) is 0 Å². The Morgan fingerprint density at radius 1 is 1.22 bits per heavy atom. The Kier molecular flexibility index (Phi) is 4.68. The molecule has 2 aliphatic rings. The van der Waals surface area contributed by atoms with Crippen molar-refractivity contribution in [3.05, 3.63) is 51.5 Å². The van der Waals surface area contributed by atoms with Crippen molar-refractivity contribution in [2.75, 3.05) is 13.1 Å². The molecule has 1 atom stereocenters. The van der Waals surface area contributed by atoms with Crippen LogP contribution in [0.3, 0.4) is 0 Å². The van der Waals surface area contributed by atoms with Gasteiger partial charge >= 0.3 is 0 Å². The highest BCUT2D eigenvalue weighted by molar-refractivity contribution is 5.97. The molecule has 7 nitrogen and oxygen atoms in total. The normalized spacial score (nSPS) is 19.6. The SMILES string of the molecule is Cn1ccnc1C(=O)[C@H]1CCCN(C(=O)c2cc3c([nH]c2=O)CCCC3)C1. The van der Waals surface area contributed by atoms with E-state index in [0.29, 0.717) is 18.9 Å². The number of nitrogens with zero attached hydrogens (tertiary/aromatic N) is 3. The lowest BCUT2D eigenvalue weighted by atomic mass is 9.92. The number of likely N-dealkylation sites (tertiary alicyclic amines) is 1. The van der Waals surface area contributed by atoms with E-state index in [2.05, 4.69) is 9.97 Å². The fourth-order valence-electron chi connectivity index (χ4n) is 4.17. The average molecular weight is 368 g/mol. The second kappa shape index (κ2) is 7.13. The van der Waals surface area contributed by atoms with Gasteiger partial charge in [-0.25, -0.2) is 4.98 Å². The number of fused-ring (bicyclic) bond motifs is 1. The number of ketones is 1. The van der Waals surface area contributed by atoms with Crippen molar-refractivity contribution in [3.63, 3.8) is 0 Å². The van der Waals surface area contributed by atoms with Gasteiger partial charge in [0, 0.05) is 44.1 Å². The molecule has 0 radical (unpaired) electrons. The molecule has 2 aromatic heterocycles. The summed E-state index contributed by atoms with van der Waals surface area (Å²) in [5, 5.41) is 0. The number of Topliss-reactive ketones (excluding diaryl/α,β-unsaturated/α-hetero) is 1. The summed E-state index contributed by atoms with van der Waals surface area (Å²) in [6, 6.07) is 1.76. The number of pyridine rings is 1. The number of imidazole rings is 1. The van der Waals surface area contributed by atoms with Gasteiger partial charge < -0.3 is 14.5 Å². The van der Waals surface area contributed by atoms with Crippen LogP contribution in [-0.4, -0.2) is 44.2 Å². The molecular formula is C20H24N4O3. The summed E-state index contributed by atoms with van der Waals surface area (Å²) in [4.78, 5) is 46.9. The Bertz CT molecular complexity index is 943. The third kappa shape index (κ3) is 3.34. The van der Waals surface area contributed by atoms with Crippen molar-refractivity contribution >= 4 is 11.7 Å². The standard InChI is InChI=1S/C20H24N4O3/c1-23-10-8-21-18(23)17(25)14-6-4-9-24(12-14)20(27)15-11-13-5-2-3-7-16(13)22-19(15)26/h8,10-11,14H,2-7,9,12H2,1H3,(H,22,26)/t14-/m0/s1. The Labute approximate surface area is 157 Å². The van der Waals surface area contributed by atoms with Crippen molar-refractivity contribution in [1.82, 2.24) is 19.4 Å². The van der Waals surface area contributed by atoms with Gasteiger partial charge in [-0.05, 0) is 50.2 Å². The molecule has 0 bridgehead atoms. The summed E-state index contributed by atoms with van der Waals surface area (Å²) in [6.45, 7) is 0.904. The van der Waals surface area contributed by atoms with E-state index in [1.165, 1.54) is 0 Å². The van der Waals surface area contributed by atoms with Gasteiger partial charge in [0.05, 0.1) is 0 Å². The van der Waals surface area contributed by atoms with Crippen molar-refractivity contribution in [2.45, 2.75) is 38.5 Å². The molecule has 1 amide bonds. The molecule has 0 spiro atoms. The van der Waals surface area contributed by atoms with Crippen molar-refractivity contribution in [2.24, 2.45) is 13.0 Å². The van der Waals surface area contributed by atoms with Crippen LogP contribution < -0.4 is 5.56 Å². The first-order valence-corrected chi connectivity index (χ1v) is 9.60. The molecule has 3 heterocycles. The predicted octanol–water partition coefficient (Wildman–Crippen LogP) is 1.72. The third-order valence-corrected chi connectivity index (χ3v) is 5.69. The lowest BCUT2D eigenvalue weighted by molar-refractivity contribution is 0.0631. The molecule has 27 heavy (non-hydrogen) atoms. The molecule has 0 unspecified atom stereocenters. The minimum Gasteiger partial charge on any atom is -0.338 e. The number of amides is 1. The van der Waals surface area contributed by atoms with Crippen molar-refractivity contribution < 1.29 is 9.59 Å². The van der Waals surface area contributed by atoms with Crippen LogP contribution in [0.25, 0.3) is 0 Å². The number of hydrogen-bond acceptors (Lipinski definition) is 4. The van der Waals surface area contributed by atoms with E-state index >= 15 is 0 Å². The minimum absolute atomic E-state index is 0.0423. The smallest absolute Gasteiger partial charge is 0.261 e. The lowest BCUT2D eigenvalue weighted by Crippen LogP contribution is -2.44. The van der Waals surface area contributed by atoms with Gasteiger partial charge in [-0.2, -0.15) is 0 Å². The van der Waals surface area contributed by atoms with Gasteiger partial charge in [-0.1, -0.05) is 0 Å². The summed E-state index contributed by atoms with van der Waals surface area (Å²) < 4.78 is 1.71. The van der Waals surface area contributed by atoms with Crippen LogP contribution in [0.5, 0.6) is 0 Å². The molecule has 0 aromatic carbocycles. The first-order chi connectivity index (χ1) is 13.0. The van der Waals surface area contributed by atoms with Gasteiger partial charge in [-0.15, -0.1) is 0 Å². The number of rotatable bonds is 3. The number of carbonyl (C=O) groups excluding carboxylic acids is 2. The number of aryl methyl sites for hydroxylation is 3. The van der Waals surface area contributed by atoms with Crippen LogP contribution in [0.4, 0.5) is 0 Å². The molecule has 1 aliphatic heterocycles. The quantitative estimate of drug-likeness (QED) is 0.836. The van der Waals surface area contributed by atoms with E-state index in [9.17, 15) is 14.4 Å². The predicted molar refractivity (Wildman–Crippen MR) is 99.9 cm³/mol. The van der Waals surface area contributed by atoms with Crippen LogP contribution in [0.2, 0.25) is 0 Å². The molecule has 1 N–H and O–H groups in total. The largest absolute Gasteiger partial charge is 0.338 e. The number of piperidine rings is 1. The molecule has 7 heteroatoms. The maximum Gasteiger partial charge on any atom is 0.261 e. The Balaban J connectivity index is 1.55. The van der Waals surface area contributed by atoms with Gasteiger partial charge in [0.1, 0.15) is 5.56 Å². The minimum atomic E-state index is -0.321. The Hall–Kier alpha value is -2.70. The zero-order valence-corrected chi connectivity index (χ0v) is 15.5. The van der Waals surface area contributed by atoms with E-state index in [1.54, 1.807) is 35.0 Å². The second-order valence-electron chi connectivity index (χ2n) is 7.54. The Morgan fingerprint density at radius 3 is 2.81 bits per heavy atom.